The number of aromatic nitrogens is 2. The Kier molecular flexibility index (Phi) is 7.23. The number of amides is 1. The number of fused-ring (bicyclic) bond motifs is 1. The van der Waals surface area contributed by atoms with Crippen molar-refractivity contribution < 1.29 is 13.6 Å². The summed E-state index contributed by atoms with van der Waals surface area (Å²) < 4.78 is 29.6. The lowest BCUT2D eigenvalue weighted by atomic mass is 10.0. The lowest BCUT2D eigenvalue weighted by molar-refractivity contribution is -0.117. The maximum Gasteiger partial charge on any atom is 0.330 e. The molecular formula is C26H29F2N5O3. The van der Waals surface area contributed by atoms with Crippen LogP contribution in [0, 0.1) is 17.6 Å². The summed E-state index contributed by atoms with van der Waals surface area (Å²) in [6.07, 6.45) is 1.12. The lowest BCUT2D eigenvalue weighted by Crippen LogP contribution is -2.47. The van der Waals surface area contributed by atoms with Crippen LogP contribution < -0.4 is 26.8 Å². The number of carbonyl (C=O) groups excluding carboxylic acids is 1. The summed E-state index contributed by atoms with van der Waals surface area (Å²) >= 11 is 0. The Bertz CT molecular complexity index is 1380. The molecule has 1 amide bonds. The smallest absolute Gasteiger partial charge is 0.330 e. The highest BCUT2D eigenvalue weighted by Crippen LogP contribution is 2.31. The Labute approximate surface area is 207 Å². The molecule has 1 aromatic heterocycles. The van der Waals surface area contributed by atoms with Gasteiger partial charge in [0.2, 0.25) is 5.91 Å². The molecule has 1 aliphatic heterocycles. The minimum absolute atomic E-state index is 0.0401. The number of hydrogen-bond acceptors (Lipinski definition) is 5. The highest BCUT2D eigenvalue weighted by atomic mass is 19.1. The van der Waals surface area contributed by atoms with E-state index in [-0.39, 0.29) is 42.7 Å². The van der Waals surface area contributed by atoms with Gasteiger partial charge in [-0.25, -0.2) is 13.6 Å². The molecule has 2 aromatic carbocycles. The first-order chi connectivity index (χ1) is 17.2. The number of halogens is 2. The van der Waals surface area contributed by atoms with Crippen LogP contribution in [0.1, 0.15) is 31.4 Å². The zero-order valence-corrected chi connectivity index (χ0v) is 20.3. The molecule has 0 saturated heterocycles. The molecule has 10 heteroatoms. The molecule has 0 fully saturated rings. The van der Waals surface area contributed by atoms with Gasteiger partial charge in [0, 0.05) is 19.2 Å². The van der Waals surface area contributed by atoms with Gasteiger partial charge in [0.05, 0.1) is 18.8 Å². The van der Waals surface area contributed by atoms with E-state index in [0.717, 1.165) is 11.6 Å². The molecule has 0 unspecified atom stereocenters. The number of anilines is 3. The molecule has 0 atom stereocenters. The molecule has 0 saturated carbocycles. The second-order valence-electron chi connectivity index (χ2n) is 9.38. The quantitative estimate of drug-likeness (QED) is 0.522. The Hall–Kier alpha value is -3.95. The van der Waals surface area contributed by atoms with Crippen LogP contribution in [-0.2, 0) is 17.8 Å². The Morgan fingerprint density at radius 3 is 2.58 bits per heavy atom. The van der Waals surface area contributed by atoms with Gasteiger partial charge in [0.1, 0.15) is 17.5 Å². The standard InChI is InChI=1S/C26H29F2N5O3/c1-16(2)13-32(21(34)15-31-10-6-9-18-11-19(27)12-20(28)22(18)31)23-24(29)33(26(36)30-25(23)35)14-17-7-4-3-5-8-17/h3-5,7-8,11-12,16H,6,9-10,13-15,29H2,1-2H3,(H,30,35,36). The molecule has 8 nitrogen and oxygen atoms in total. The third-order valence-electron chi connectivity index (χ3n) is 6.14. The monoisotopic (exact) mass is 497 g/mol. The van der Waals surface area contributed by atoms with Gasteiger partial charge in [-0.05, 0) is 36.0 Å². The number of rotatable bonds is 7. The fourth-order valence-electron chi connectivity index (χ4n) is 4.59. The minimum Gasteiger partial charge on any atom is -0.383 e. The number of aryl methyl sites for hydroxylation is 1. The molecule has 1 aliphatic rings. The minimum atomic E-state index is -0.775. The van der Waals surface area contributed by atoms with Crippen LogP contribution in [0.3, 0.4) is 0 Å². The summed E-state index contributed by atoms with van der Waals surface area (Å²) in [4.78, 5) is 44.2. The number of hydrogen-bond donors (Lipinski definition) is 2. The van der Waals surface area contributed by atoms with Crippen molar-refractivity contribution >= 4 is 23.1 Å². The summed E-state index contributed by atoms with van der Waals surface area (Å²) in [6, 6.07) is 11.2. The summed E-state index contributed by atoms with van der Waals surface area (Å²) in [5.74, 6) is -2.06. The van der Waals surface area contributed by atoms with E-state index in [1.807, 2.05) is 44.2 Å². The van der Waals surface area contributed by atoms with E-state index in [0.29, 0.717) is 24.9 Å². The van der Waals surface area contributed by atoms with Gasteiger partial charge in [-0.2, -0.15) is 0 Å². The second kappa shape index (κ2) is 10.3. The lowest BCUT2D eigenvalue weighted by Gasteiger charge is -2.33. The first kappa shape index (κ1) is 25.2. The van der Waals surface area contributed by atoms with Crippen molar-refractivity contribution in [3.8, 4) is 0 Å². The van der Waals surface area contributed by atoms with Gasteiger partial charge in [-0.1, -0.05) is 44.2 Å². The van der Waals surface area contributed by atoms with Crippen molar-refractivity contribution in [3.63, 3.8) is 0 Å². The van der Waals surface area contributed by atoms with Crippen molar-refractivity contribution in [3.05, 3.63) is 86.1 Å². The largest absolute Gasteiger partial charge is 0.383 e. The number of aromatic amines is 1. The molecule has 190 valence electrons. The van der Waals surface area contributed by atoms with E-state index in [9.17, 15) is 23.2 Å². The summed E-state index contributed by atoms with van der Waals surface area (Å²) in [5, 5.41) is 0. The SMILES string of the molecule is CC(C)CN(C(=O)CN1CCCc2cc(F)cc(F)c21)c1c(N)n(Cc2ccccc2)c(=O)[nH]c1=O. The molecule has 2 heterocycles. The average molecular weight is 498 g/mol. The summed E-state index contributed by atoms with van der Waals surface area (Å²) in [7, 11) is 0. The average Bonchev–Trinajstić information content (AvgIpc) is 2.81. The zero-order valence-electron chi connectivity index (χ0n) is 20.3. The zero-order chi connectivity index (χ0) is 26.0. The van der Waals surface area contributed by atoms with Crippen LogP contribution in [0.4, 0.5) is 26.0 Å². The third kappa shape index (κ3) is 5.17. The number of nitrogen functional groups attached to an aromatic ring is 1. The van der Waals surface area contributed by atoms with Crippen molar-refractivity contribution in [2.45, 2.75) is 33.2 Å². The molecular weight excluding hydrogens is 468 g/mol. The van der Waals surface area contributed by atoms with Crippen LogP contribution in [0.25, 0.3) is 0 Å². The summed E-state index contributed by atoms with van der Waals surface area (Å²) in [5.41, 5.74) is 6.23. The van der Waals surface area contributed by atoms with Gasteiger partial charge < -0.3 is 15.5 Å². The molecule has 0 bridgehead atoms. The fraction of sp³-hybridized carbons (Fsp3) is 0.346. The number of nitrogens with zero attached hydrogens (tertiary/aromatic N) is 3. The molecule has 3 N–H and O–H groups in total. The number of H-pyrrole nitrogens is 1. The van der Waals surface area contributed by atoms with E-state index in [1.54, 1.807) is 4.90 Å². The van der Waals surface area contributed by atoms with Crippen molar-refractivity contribution in [2.75, 3.05) is 35.2 Å². The first-order valence-electron chi connectivity index (χ1n) is 11.9. The van der Waals surface area contributed by atoms with Crippen LogP contribution in [0.2, 0.25) is 0 Å². The Morgan fingerprint density at radius 2 is 1.89 bits per heavy atom. The number of nitrogens with one attached hydrogen (secondary N) is 1. The van der Waals surface area contributed by atoms with Gasteiger partial charge in [0.15, 0.2) is 5.69 Å². The van der Waals surface area contributed by atoms with Gasteiger partial charge in [-0.15, -0.1) is 0 Å². The maximum absolute atomic E-state index is 14.7. The molecule has 0 radical (unpaired) electrons. The molecule has 4 rings (SSSR count). The summed E-state index contributed by atoms with van der Waals surface area (Å²) in [6.45, 7) is 4.18. The van der Waals surface area contributed by atoms with Crippen LogP contribution in [0.15, 0.2) is 52.1 Å². The number of benzene rings is 2. The van der Waals surface area contributed by atoms with Gasteiger partial charge in [0.25, 0.3) is 5.56 Å². The van der Waals surface area contributed by atoms with Crippen LogP contribution in [-0.4, -0.2) is 35.1 Å². The van der Waals surface area contributed by atoms with E-state index >= 15 is 0 Å². The van der Waals surface area contributed by atoms with Crippen molar-refractivity contribution in [1.82, 2.24) is 9.55 Å². The van der Waals surface area contributed by atoms with E-state index in [4.69, 9.17) is 5.73 Å². The predicted molar refractivity (Wildman–Crippen MR) is 135 cm³/mol. The molecule has 0 aliphatic carbocycles. The van der Waals surface area contributed by atoms with Crippen molar-refractivity contribution in [2.24, 2.45) is 5.92 Å². The third-order valence-corrected chi connectivity index (χ3v) is 6.14. The Balaban J connectivity index is 1.72. The Morgan fingerprint density at radius 1 is 1.17 bits per heavy atom. The number of nitrogens with two attached hydrogens (primary N) is 1. The highest BCUT2D eigenvalue weighted by Gasteiger charge is 2.29. The predicted octanol–water partition coefficient (Wildman–Crippen LogP) is 2.89. The van der Waals surface area contributed by atoms with E-state index in [2.05, 4.69) is 4.98 Å². The topological polar surface area (TPSA) is 104 Å². The normalized spacial score (nSPS) is 13.1. The van der Waals surface area contributed by atoms with Crippen LogP contribution >= 0.6 is 0 Å². The van der Waals surface area contributed by atoms with E-state index in [1.165, 1.54) is 15.5 Å². The molecule has 3 aromatic rings. The highest BCUT2D eigenvalue weighted by molar-refractivity contribution is 5.98. The van der Waals surface area contributed by atoms with Gasteiger partial charge in [-0.3, -0.25) is 19.1 Å². The fourth-order valence-corrected chi connectivity index (χ4v) is 4.59. The molecule has 36 heavy (non-hydrogen) atoms. The van der Waals surface area contributed by atoms with Gasteiger partial charge >= 0.3 is 5.69 Å². The van der Waals surface area contributed by atoms with Crippen molar-refractivity contribution in [1.29, 1.82) is 0 Å². The first-order valence-corrected chi connectivity index (χ1v) is 11.9. The molecule has 0 spiro atoms. The second-order valence-corrected chi connectivity index (χ2v) is 9.38. The maximum atomic E-state index is 14.7. The number of carbonyl (C=O) groups is 1. The van der Waals surface area contributed by atoms with Crippen LogP contribution in [0.5, 0.6) is 0 Å². The van der Waals surface area contributed by atoms with E-state index < -0.39 is 28.8 Å².